The summed E-state index contributed by atoms with van der Waals surface area (Å²) in [5, 5.41) is 7.31. The van der Waals surface area contributed by atoms with Gasteiger partial charge in [0.2, 0.25) is 5.82 Å². The first-order valence-electron chi connectivity index (χ1n) is 6.97. The van der Waals surface area contributed by atoms with E-state index in [1.54, 1.807) is 6.20 Å². The maximum atomic E-state index is 5.38. The number of benzene rings is 1. The van der Waals surface area contributed by atoms with Crippen molar-refractivity contribution in [1.29, 1.82) is 0 Å². The molecule has 0 aliphatic carbocycles. The first kappa shape index (κ1) is 13.3. The molecule has 21 heavy (non-hydrogen) atoms. The average Bonchev–Trinajstić information content (AvgIpc) is 3.04. The Hall–Kier alpha value is -2.69. The molecule has 0 unspecified atom stereocenters. The molecule has 0 fully saturated rings. The lowest BCUT2D eigenvalue weighted by Crippen LogP contribution is -2.03. The largest absolute Gasteiger partial charge is 0.369 e. The summed E-state index contributed by atoms with van der Waals surface area (Å²) in [6, 6.07) is 13.5. The van der Waals surface area contributed by atoms with Crippen LogP contribution in [0.4, 0.5) is 5.82 Å². The topological polar surface area (TPSA) is 63.8 Å². The Morgan fingerprint density at radius 3 is 2.76 bits per heavy atom. The highest BCUT2D eigenvalue weighted by Crippen LogP contribution is 2.26. The molecule has 0 aliphatic heterocycles. The number of aromatic nitrogens is 3. The van der Waals surface area contributed by atoms with Crippen LogP contribution in [0.5, 0.6) is 0 Å². The molecule has 5 nitrogen and oxygen atoms in total. The normalized spacial score (nSPS) is 10.5. The van der Waals surface area contributed by atoms with Gasteiger partial charge in [0, 0.05) is 18.3 Å². The van der Waals surface area contributed by atoms with Crippen LogP contribution in [-0.2, 0) is 0 Å². The predicted molar refractivity (Wildman–Crippen MR) is 81.7 cm³/mol. The van der Waals surface area contributed by atoms with Crippen molar-refractivity contribution >= 4 is 5.82 Å². The van der Waals surface area contributed by atoms with Crippen molar-refractivity contribution in [3.05, 3.63) is 48.7 Å². The van der Waals surface area contributed by atoms with Crippen molar-refractivity contribution in [2.45, 2.75) is 13.3 Å². The van der Waals surface area contributed by atoms with E-state index in [2.05, 4.69) is 27.4 Å². The van der Waals surface area contributed by atoms with Crippen molar-refractivity contribution in [2.24, 2.45) is 0 Å². The Labute approximate surface area is 123 Å². The van der Waals surface area contributed by atoms with E-state index in [1.807, 2.05) is 42.5 Å². The fraction of sp³-hybridized carbons (Fsp3) is 0.188. The van der Waals surface area contributed by atoms with Gasteiger partial charge in [-0.3, -0.25) is 0 Å². The number of anilines is 1. The highest BCUT2D eigenvalue weighted by atomic mass is 16.5. The van der Waals surface area contributed by atoms with Crippen LogP contribution in [0.2, 0.25) is 0 Å². The Bertz CT molecular complexity index is 709. The molecule has 0 amide bonds. The molecule has 3 rings (SSSR count). The number of pyridine rings is 1. The van der Waals surface area contributed by atoms with Crippen LogP contribution in [0, 0.1) is 0 Å². The summed E-state index contributed by atoms with van der Waals surface area (Å²) in [4.78, 5) is 8.80. The minimum absolute atomic E-state index is 0.473. The molecule has 5 heteroatoms. The van der Waals surface area contributed by atoms with Crippen molar-refractivity contribution < 1.29 is 4.52 Å². The third-order valence-corrected chi connectivity index (χ3v) is 3.04. The van der Waals surface area contributed by atoms with E-state index in [4.69, 9.17) is 4.52 Å². The van der Waals surface area contributed by atoms with Gasteiger partial charge in [0.15, 0.2) is 0 Å². The van der Waals surface area contributed by atoms with Crippen LogP contribution in [0.25, 0.3) is 22.8 Å². The first-order chi connectivity index (χ1) is 10.4. The summed E-state index contributed by atoms with van der Waals surface area (Å²) in [6.45, 7) is 2.96. The Morgan fingerprint density at radius 2 is 1.95 bits per heavy atom. The quantitative estimate of drug-likeness (QED) is 0.773. The SMILES string of the molecule is CCCNc1ncccc1-c1nc(-c2ccccc2)no1. The highest BCUT2D eigenvalue weighted by molar-refractivity contribution is 5.70. The van der Waals surface area contributed by atoms with Crippen LogP contribution in [-0.4, -0.2) is 21.7 Å². The summed E-state index contributed by atoms with van der Waals surface area (Å²) < 4.78 is 5.38. The molecule has 0 radical (unpaired) electrons. The van der Waals surface area contributed by atoms with E-state index < -0.39 is 0 Å². The third kappa shape index (κ3) is 2.91. The van der Waals surface area contributed by atoms with Crippen LogP contribution in [0.3, 0.4) is 0 Å². The van der Waals surface area contributed by atoms with Crippen molar-refractivity contribution in [3.8, 4) is 22.8 Å². The summed E-state index contributed by atoms with van der Waals surface area (Å²) in [5.74, 6) is 1.82. The molecule has 0 bridgehead atoms. The Morgan fingerprint density at radius 1 is 1.10 bits per heavy atom. The van der Waals surface area contributed by atoms with Crippen molar-refractivity contribution in [1.82, 2.24) is 15.1 Å². The molecule has 2 heterocycles. The summed E-state index contributed by atoms with van der Waals surface area (Å²) in [7, 11) is 0. The second-order valence-corrected chi connectivity index (χ2v) is 4.62. The van der Waals surface area contributed by atoms with Gasteiger partial charge in [0.05, 0.1) is 5.56 Å². The maximum Gasteiger partial charge on any atom is 0.261 e. The summed E-state index contributed by atoms with van der Waals surface area (Å²) in [6.07, 6.45) is 2.77. The standard InChI is InChI=1S/C16H16N4O/c1-2-10-17-15-13(9-6-11-18-15)16-19-14(20-21-16)12-7-4-3-5-8-12/h3-9,11H,2,10H2,1H3,(H,17,18). The van der Waals surface area contributed by atoms with E-state index in [0.717, 1.165) is 29.9 Å². The number of nitrogens with zero attached hydrogens (tertiary/aromatic N) is 3. The molecule has 0 atom stereocenters. The molecule has 0 saturated carbocycles. The Kier molecular flexibility index (Phi) is 3.91. The number of hydrogen-bond acceptors (Lipinski definition) is 5. The lowest BCUT2D eigenvalue weighted by atomic mass is 10.2. The van der Waals surface area contributed by atoms with Gasteiger partial charge in [-0.1, -0.05) is 42.4 Å². The maximum absolute atomic E-state index is 5.38. The molecule has 106 valence electrons. The molecule has 1 N–H and O–H groups in total. The van der Waals surface area contributed by atoms with Crippen LogP contribution >= 0.6 is 0 Å². The summed E-state index contributed by atoms with van der Waals surface area (Å²) in [5.41, 5.74) is 1.75. The van der Waals surface area contributed by atoms with E-state index in [0.29, 0.717) is 11.7 Å². The smallest absolute Gasteiger partial charge is 0.261 e. The molecular weight excluding hydrogens is 264 g/mol. The molecule has 0 spiro atoms. The fourth-order valence-corrected chi connectivity index (χ4v) is 2.00. The monoisotopic (exact) mass is 280 g/mol. The fourth-order valence-electron chi connectivity index (χ4n) is 2.00. The van der Waals surface area contributed by atoms with Crippen LogP contribution in [0.1, 0.15) is 13.3 Å². The molecule has 3 aromatic rings. The van der Waals surface area contributed by atoms with E-state index in [-0.39, 0.29) is 0 Å². The van der Waals surface area contributed by atoms with E-state index in [9.17, 15) is 0 Å². The van der Waals surface area contributed by atoms with Gasteiger partial charge in [0.1, 0.15) is 5.82 Å². The van der Waals surface area contributed by atoms with Gasteiger partial charge in [-0.25, -0.2) is 4.98 Å². The number of hydrogen-bond donors (Lipinski definition) is 1. The minimum atomic E-state index is 0.473. The first-order valence-corrected chi connectivity index (χ1v) is 6.97. The zero-order valence-electron chi connectivity index (χ0n) is 11.8. The average molecular weight is 280 g/mol. The van der Waals surface area contributed by atoms with E-state index >= 15 is 0 Å². The summed E-state index contributed by atoms with van der Waals surface area (Å²) >= 11 is 0. The second-order valence-electron chi connectivity index (χ2n) is 4.62. The van der Waals surface area contributed by atoms with Gasteiger partial charge >= 0.3 is 0 Å². The molecule has 0 aliphatic rings. The minimum Gasteiger partial charge on any atom is -0.369 e. The van der Waals surface area contributed by atoms with Crippen LogP contribution in [0.15, 0.2) is 53.2 Å². The molecule has 2 aromatic heterocycles. The molecule has 0 saturated heterocycles. The molecule has 1 aromatic carbocycles. The van der Waals surface area contributed by atoms with Crippen molar-refractivity contribution in [2.75, 3.05) is 11.9 Å². The van der Waals surface area contributed by atoms with Gasteiger partial charge in [-0.2, -0.15) is 4.98 Å². The third-order valence-electron chi connectivity index (χ3n) is 3.04. The lowest BCUT2D eigenvalue weighted by molar-refractivity contribution is 0.432. The number of rotatable bonds is 5. The zero-order valence-corrected chi connectivity index (χ0v) is 11.8. The molecular formula is C16H16N4O. The second kappa shape index (κ2) is 6.17. The van der Waals surface area contributed by atoms with Gasteiger partial charge in [-0.05, 0) is 18.6 Å². The van der Waals surface area contributed by atoms with Gasteiger partial charge in [-0.15, -0.1) is 0 Å². The zero-order chi connectivity index (χ0) is 14.5. The lowest BCUT2D eigenvalue weighted by Gasteiger charge is -2.06. The predicted octanol–water partition coefficient (Wildman–Crippen LogP) is 3.62. The van der Waals surface area contributed by atoms with E-state index in [1.165, 1.54) is 0 Å². The Balaban J connectivity index is 1.93. The van der Waals surface area contributed by atoms with Gasteiger partial charge in [0.25, 0.3) is 5.89 Å². The highest BCUT2D eigenvalue weighted by Gasteiger charge is 2.14. The van der Waals surface area contributed by atoms with Crippen LogP contribution < -0.4 is 5.32 Å². The van der Waals surface area contributed by atoms with Crippen molar-refractivity contribution in [3.63, 3.8) is 0 Å². The number of nitrogens with one attached hydrogen (secondary N) is 1. The van der Waals surface area contributed by atoms with Gasteiger partial charge < -0.3 is 9.84 Å².